The highest BCUT2D eigenvalue weighted by Gasteiger charge is 2.19. The summed E-state index contributed by atoms with van der Waals surface area (Å²) in [5.41, 5.74) is 3.00. The zero-order valence-corrected chi connectivity index (χ0v) is 16.9. The number of rotatable bonds is 6. The van der Waals surface area contributed by atoms with Gasteiger partial charge in [0, 0.05) is 31.3 Å². The van der Waals surface area contributed by atoms with Gasteiger partial charge in [0.25, 0.3) is 11.8 Å². The van der Waals surface area contributed by atoms with Gasteiger partial charge in [-0.1, -0.05) is 19.9 Å². The number of ether oxygens (including phenoxy) is 1. The van der Waals surface area contributed by atoms with Gasteiger partial charge in [0.1, 0.15) is 5.69 Å². The lowest BCUT2D eigenvalue weighted by Gasteiger charge is -2.13. The van der Waals surface area contributed by atoms with Gasteiger partial charge in [0.05, 0.1) is 11.8 Å². The standard InChI is InChI=1S/C21H25N5O3/c1-13(2)19-11-18(21-24-23-14(3)29-21)25-26(19)16-7-4-6-15(10-16)20(27)22-12-17-8-5-9-28-17/h4,6-7,10-11,13,17H,5,8-9,12H2,1-3H3,(H,22,27)/t17-/m0/s1. The number of nitrogens with one attached hydrogen (secondary N) is 1. The van der Waals surface area contributed by atoms with Crippen LogP contribution in [-0.4, -0.2) is 45.1 Å². The quantitative estimate of drug-likeness (QED) is 0.688. The minimum atomic E-state index is -0.117. The van der Waals surface area contributed by atoms with Crippen molar-refractivity contribution in [3.8, 4) is 17.3 Å². The summed E-state index contributed by atoms with van der Waals surface area (Å²) < 4.78 is 12.9. The Hall–Kier alpha value is -3.00. The van der Waals surface area contributed by atoms with Crippen LogP contribution in [0.1, 0.15) is 54.5 Å². The Labute approximate surface area is 169 Å². The minimum absolute atomic E-state index is 0.112. The molecular weight excluding hydrogens is 370 g/mol. The molecule has 1 aromatic carbocycles. The second-order valence-electron chi connectivity index (χ2n) is 7.54. The van der Waals surface area contributed by atoms with Crippen molar-refractivity contribution in [1.82, 2.24) is 25.3 Å². The molecule has 0 spiro atoms. The smallest absolute Gasteiger partial charge is 0.268 e. The number of amides is 1. The first-order valence-electron chi connectivity index (χ1n) is 9.92. The molecule has 8 nitrogen and oxygen atoms in total. The summed E-state index contributed by atoms with van der Waals surface area (Å²) in [5.74, 6) is 0.977. The minimum Gasteiger partial charge on any atom is -0.420 e. The molecule has 3 aromatic rings. The Balaban J connectivity index is 1.60. The van der Waals surface area contributed by atoms with Crippen LogP contribution in [0.3, 0.4) is 0 Å². The molecule has 0 radical (unpaired) electrons. The first kappa shape index (κ1) is 19.3. The van der Waals surface area contributed by atoms with E-state index in [0.717, 1.165) is 30.8 Å². The molecule has 0 bridgehead atoms. The summed E-state index contributed by atoms with van der Waals surface area (Å²) in [6.45, 7) is 7.23. The van der Waals surface area contributed by atoms with Crippen molar-refractivity contribution in [1.29, 1.82) is 0 Å². The molecule has 3 heterocycles. The molecule has 1 amide bonds. The number of hydrogen-bond donors (Lipinski definition) is 1. The third kappa shape index (κ3) is 4.22. The summed E-state index contributed by atoms with van der Waals surface area (Å²) in [6.07, 6.45) is 2.15. The molecule has 29 heavy (non-hydrogen) atoms. The lowest BCUT2D eigenvalue weighted by molar-refractivity contribution is 0.0857. The topological polar surface area (TPSA) is 95.1 Å². The van der Waals surface area contributed by atoms with Crippen molar-refractivity contribution in [2.45, 2.75) is 45.6 Å². The fraction of sp³-hybridized carbons (Fsp3) is 0.429. The molecule has 1 atom stereocenters. The molecule has 0 saturated carbocycles. The zero-order valence-electron chi connectivity index (χ0n) is 16.9. The number of aromatic nitrogens is 4. The Kier molecular flexibility index (Phi) is 5.44. The molecular formula is C21H25N5O3. The van der Waals surface area contributed by atoms with Gasteiger partial charge in [0.15, 0.2) is 0 Å². The average Bonchev–Trinajstić information content (AvgIpc) is 3.46. The van der Waals surface area contributed by atoms with Gasteiger partial charge in [-0.25, -0.2) is 4.68 Å². The van der Waals surface area contributed by atoms with E-state index in [-0.39, 0.29) is 17.9 Å². The fourth-order valence-electron chi connectivity index (χ4n) is 3.41. The summed E-state index contributed by atoms with van der Waals surface area (Å²) in [5, 5.41) is 15.6. The SMILES string of the molecule is Cc1nnc(-c2cc(C(C)C)n(-c3cccc(C(=O)NC[C@@H]4CCCO4)c3)n2)o1. The Morgan fingerprint density at radius 1 is 1.31 bits per heavy atom. The predicted octanol–water partition coefficient (Wildman–Crippen LogP) is 3.26. The maximum Gasteiger partial charge on any atom is 0.268 e. The van der Waals surface area contributed by atoms with Crippen molar-refractivity contribution >= 4 is 5.91 Å². The third-order valence-electron chi connectivity index (χ3n) is 4.94. The van der Waals surface area contributed by atoms with Crippen LogP contribution in [0.25, 0.3) is 17.3 Å². The number of carbonyl (C=O) groups is 1. The second kappa shape index (κ2) is 8.16. The van der Waals surface area contributed by atoms with Crippen LogP contribution < -0.4 is 5.32 Å². The van der Waals surface area contributed by atoms with E-state index in [1.807, 2.05) is 28.9 Å². The number of nitrogens with zero attached hydrogens (tertiary/aromatic N) is 4. The summed E-state index contributed by atoms with van der Waals surface area (Å²) >= 11 is 0. The summed E-state index contributed by atoms with van der Waals surface area (Å²) in [7, 11) is 0. The van der Waals surface area contributed by atoms with Crippen LogP contribution in [-0.2, 0) is 4.74 Å². The molecule has 1 fully saturated rings. The van der Waals surface area contributed by atoms with E-state index in [1.165, 1.54) is 0 Å². The highest BCUT2D eigenvalue weighted by Crippen LogP contribution is 2.26. The van der Waals surface area contributed by atoms with E-state index in [1.54, 1.807) is 13.0 Å². The Morgan fingerprint density at radius 3 is 2.86 bits per heavy atom. The Bertz CT molecular complexity index is 1000. The molecule has 152 valence electrons. The van der Waals surface area contributed by atoms with E-state index in [0.29, 0.717) is 29.6 Å². The van der Waals surface area contributed by atoms with E-state index in [4.69, 9.17) is 9.15 Å². The molecule has 0 unspecified atom stereocenters. The molecule has 1 aliphatic rings. The number of aryl methyl sites for hydroxylation is 1. The maximum absolute atomic E-state index is 12.6. The zero-order chi connectivity index (χ0) is 20.4. The van der Waals surface area contributed by atoms with Crippen molar-refractivity contribution < 1.29 is 13.9 Å². The lowest BCUT2D eigenvalue weighted by Crippen LogP contribution is -2.31. The molecule has 1 saturated heterocycles. The van der Waals surface area contributed by atoms with Crippen molar-refractivity contribution in [2.75, 3.05) is 13.2 Å². The van der Waals surface area contributed by atoms with Crippen molar-refractivity contribution in [3.63, 3.8) is 0 Å². The fourth-order valence-corrected chi connectivity index (χ4v) is 3.41. The second-order valence-corrected chi connectivity index (χ2v) is 7.54. The normalized spacial score (nSPS) is 16.5. The van der Waals surface area contributed by atoms with Gasteiger partial charge < -0.3 is 14.5 Å². The van der Waals surface area contributed by atoms with Crippen molar-refractivity contribution in [2.24, 2.45) is 0 Å². The van der Waals surface area contributed by atoms with Crippen LogP contribution >= 0.6 is 0 Å². The van der Waals surface area contributed by atoms with Gasteiger partial charge in [0.2, 0.25) is 5.89 Å². The highest BCUT2D eigenvalue weighted by atomic mass is 16.5. The van der Waals surface area contributed by atoms with Crippen LogP contribution in [0.15, 0.2) is 34.7 Å². The Morgan fingerprint density at radius 2 is 2.17 bits per heavy atom. The molecule has 0 aliphatic carbocycles. The number of carbonyl (C=O) groups excluding carboxylic acids is 1. The summed E-state index contributed by atoms with van der Waals surface area (Å²) in [6, 6.07) is 9.38. The maximum atomic E-state index is 12.6. The van der Waals surface area contributed by atoms with Gasteiger partial charge >= 0.3 is 0 Å². The predicted molar refractivity (Wildman–Crippen MR) is 107 cm³/mol. The van der Waals surface area contributed by atoms with Gasteiger partial charge in [-0.2, -0.15) is 5.10 Å². The van der Waals surface area contributed by atoms with E-state index in [2.05, 4.69) is 34.5 Å². The van der Waals surface area contributed by atoms with Crippen LogP contribution in [0.2, 0.25) is 0 Å². The van der Waals surface area contributed by atoms with Gasteiger partial charge in [-0.15, -0.1) is 10.2 Å². The van der Waals surface area contributed by atoms with E-state index >= 15 is 0 Å². The van der Waals surface area contributed by atoms with E-state index in [9.17, 15) is 4.79 Å². The molecule has 2 aromatic heterocycles. The first-order valence-corrected chi connectivity index (χ1v) is 9.92. The molecule has 1 N–H and O–H groups in total. The number of benzene rings is 1. The van der Waals surface area contributed by atoms with Crippen LogP contribution in [0.5, 0.6) is 0 Å². The highest BCUT2D eigenvalue weighted by molar-refractivity contribution is 5.94. The average molecular weight is 395 g/mol. The number of hydrogen-bond acceptors (Lipinski definition) is 6. The molecule has 1 aliphatic heterocycles. The lowest BCUT2D eigenvalue weighted by atomic mass is 10.1. The first-order chi connectivity index (χ1) is 14.0. The van der Waals surface area contributed by atoms with Gasteiger partial charge in [-0.05, 0) is 43.0 Å². The third-order valence-corrected chi connectivity index (χ3v) is 4.94. The monoisotopic (exact) mass is 395 g/mol. The van der Waals surface area contributed by atoms with Crippen molar-refractivity contribution in [3.05, 3.63) is 47.5 Å². The largest absolute Gasteiger partial charge is 0.420 e. The van der Waals surface area contributed by atoms with Crippen LogP contribution in [0, 0.1) is 6.92 Å². The summed E-state index contributed by atoms with van der Waals surface area (Å²) in [4.78, 5) is 12.6. The van der Waals surface area contributed by atoms with Crippen LogP contribution in [0.4, 0.5) is 0 Å². The molecule has 8 heteroatoms. The van der Waals surface area contributed by atoms with Gasteiger partial charge in [-0.3, -0.25) is 4.79 Å². The molecule has 4 rings (SSSR count). The van der Waals surface area contributed by atoms with E-state index < -0.39 is 0 Å².